The van der Waals surface area contributed by atoms with Gasteiger partial charge in [0.15, 0.2) is 0 Å². The number of allylic oxidation sites excluding steroid dienone is 1. The first kappa shape index (κ1) is 26.4. The molecule has 1 fully saturated rings. The number of aliphatic hydroxyl groups excluding tert-OH is 1. The van der Waals surface area contributed by atoms with E-state index >= 15 is 4.39 Å². The van der Waals surface area contributed by atoms with Crippen molar-refractivity contribution in [1.82, 2.24) is 9.88 Å². The molecule has 1 unspecified atom stereocenters. The first-order valence-corrected chi connectivity index (χ1v) is 12.9. The molecule has 2 aliphatic rings. The Morgan fingerprint density at radius 2 is 1.90 bits per heavy atom. The topological polar surface area (TPSA) is 119 Å². The van der Waals surface area contributed by atoms with Crippen molar-refractivity contribution >= 4 is 17.2 Å². The summed E-state index contributed by atoms with van der Waals surface area (Å²) in [5.74, 6) is -1.09. The number of carbonyl (C=O) groups excluding carboxylic acids is 1. The van der Waals surface area contributed by atoms with Crippen LogP contribution in [-0.2, 0) is 11.3 Å². The van der Waals surface area contributed by atoms with Crippen molar-refractivity contribution in [3.8, 4) is 11.1 Å². The Hall–Kier alpha value is -4.21. The van der Waals surface area contributed by atoms with E-state index in [9.17, 15) is 14.7 Å². The number of ether oxygens (including phenoxy) is 1. The van der Waals surface area contributed by atoms with Gasteiger partial charge in [-0.1, -0.05) is 29.8 Å². The maximum Gasteiger partial charge on any atom is 0.261 e. The molecule has 1 aromatic heterocycles. The van der Waals surface area contributed by atoms with E-state index < -0.39 is 23.3 Å². The second-order valence-electron chi connectivity index (χ2n) is 9.96. The highest BCUT2D eigenvalue weighted by atomic mass is 19.1. The van der Waals surface area contributed by atoms with Gasteiger partial charge in [0.1, 0.15) is 23.3 Å². The number of benzene rings is 2. The molecule has 0 bridgehead atoms. The number of hydrogen-bond donors (Lipinski definition) is 4. The summed E-state index contributed by atoms with van der Waals surface area (Å²) in [6, 6.07) is 11.7. The number of hydrogen-bond acceptors (Lipinski definition) is 6. The van der Waals surface area contributed by atoms with Gasteiger partial charge >= 0.3 is 0 Å². The fourth-order valence-electron chi connectivity index (χ4n) is 4.94. The molecule has 2 aromatic carbocycles. The number of rotatable bonds is 6. The lowest BCUT2D eigenvalue weighted by atomic mass is 9.99. The van der Waals surface area contributed by atoms with Gasteiger partial charge in [-0.25, -0.2) is 4.39 Å². The van der Waals surface area contributed by atoms with E-state index in [4.69, 9.17) is 10.5 Å². The minimum absolute atomic E-state index is 0.0337. The Morgan fingerprint density at radius 3 is 2.59 bits per heavy atom. The summed E-state index contributed by atoms with van der Waals surface area (Å²) in [4.78, 5) is 26.9. The fourth-order valence-corrected chi connectivity index (χ4v) is 4.94. The minimum atomic E-state index is -0.788. The average Bonchev–Trinajstić information content (AvgIpc) is 2.91. The number of carbonyl (C=O) groups is 1. The number of pyridine rings is 1. The van der Waals surface area contributed by atoms with Gasteiger partial charge in [0.05, 0.1) is 0 Å². The van der Waals surface area contributed by atoms with Gasteiger partial charge < -0.3 is 30.8 Å². The number of nitrogens with one attached hydrogen (secondary N) is 2. The molecule has 1 atom stereocenters. The summed E-state index contributed by atoms with van der Waals surface area (Å²) in [6.45, 7) is 4.00. The van der Waals surface area contributed by atoms with Crippen molar-refractivity contribution in [2.45, 2.75) is 32.5 Å². The molecule has 5 N–H and O–H groups in total. The molecular weight excluding hydrogens is 499 g/mol. The number of nitrogens with zero attached hydrogens (tertiary/aromatic N) is 1. The van der Waals surface area contributed by atoms with Crippen LogP contribution in [-0.4, -0.2) is 35.0 Å². The van der Waals surface area contributed by atoms with Crippen LogP contribution in [0.5, 0.6) is 0 Å². The molecule has 2 aliphatic heterocycles. The number of aliphatic hydroxyl groups is 1. The molecule has 1 amide bonds. The van der Waals surface area contributed by atoms with E-state index in [2.05, 4.69) is 10.6 Å². The average molecular weight is 531 g/mol. The largest absolute Gasteiger partial charge is 0.507 e. The number of aryl methyl sites for hydroxylation is 1. The molecule has 202 valence electrons. The third-order valence-corrected chi connectivity index (χ3v) is 7.12. The highest BCUT2D eigenvalue weighted by Crippen LogP contribution is 2.27. The highest BCUT2D eigenvalue weighted by molar-refractivity contribution is 6.04. The molecule has 8 nitrogen and oxygen atoms in total. The minimum Gasteiger partial charge on any atom is -0.507 e. The second kappa shape index (κ2) is 11.3. The van der Waals surface area contributed by atoms with E-state index in [1.54, 1.807) is 12.4 Å². The third kappa shape index (κ3) is 5.79. The molecule has 1 saturated heterocycles. The monoisotopic (exact) mass is 530 g/mol. The van der Waals surface area contributed by atoms with Crippen molar-refractivity contribution in [2.75, 3.05) is 18.5 Å². The number of aromatic nitrogens is 1. The molecule has 3 heterocycles. The van der Waals surface area contributed by atoms with Crippen molar-refractivity contribution in [2.24, 2.45) is 11.7 Å². The van der Waals surface area contributed by atoms with E-state index in [0.29, 0.717) is 31.2 Å². The van der Waals surface area contributed by atoms with Crippen LogP contribution in [0.4, 0.5) is 10.1 Å². The van der Waals surface area contributed by atoms with Crippen LogP contribution >= 0.6 is 0 Å². The first-order chi connectivity index (χ1) is 18.8. The molecule has 39 heavy (non-hydrogen) atoms. The van der Waals surface area contributed by atoms with Gasteiger partial charge in [0, 0.05) is 60.7 Å². The smallest absolute Gasteiger partial charge is 0.261 e. The summed E-state index contributed by atoms with van der Waals surface area (Å²) < 4.78 is 22.4. The van der Waals surface area contributed by atoms with E-state index in [0.717, 1.165) is 30.0 Å². The fraction of sp³-hybridized carbons (Fsp3) is 0.267. The van der Waals surface area contributed by atoms with Gasteiger partial charge in [-0.3, -0.25) is 9.59 Å². The molecule has 0 spiro atoms. The van der Waals surface area contributed by atoms with E-state index in [-0.39, 0.29) is 28.1 Å². The maximum atomic E-state index is 15.1. The molecular formula is C30H31FN4O4. The van der Waals surface area contributed by atoms with Crippen LogP contribution in [0.2, 0.25) is 0 Å². The number of halogens is 1. The Morgan fingerprint density at radius 1 is 1.15 bits per heavy atom. The highest BCUT2D eigenvalue weighted by Gasteiger charge is 2.23. The lowest BCUT2D eigenvalue weighted by Gasteiger charge is -2.24. The number of amides is 1. The predicted octanol–water partition coefficient (Wildman–Crippen LogP) is 4.31. The quantitative estimate of drug-likeness (QED) is 0.377. The predicted molar refractivity (Wildman–Crippen MR) is 149 cm³/mol. The first-order valence-electron chi connectivity index (χ1n) is 12.9. The molecule has 0 radical (unpaired) electrons. The van der Waals surface area contributed by atoms with Crippen LogP contribution in [0.25, 0.3) is 16.7 Å². The van der Waals surface area contributed by atoms with Crippen LogP contribution in [0.3, 0.4) is 0 Å². The molecule has 3 aromatic rings. The Labute approximate surface area is 225 Å². The summed E-state index contributed by atoms with van der Waals surface area (Å²) >= 11 is 0. The molecule has 5 rings (SSSR count). The van der Waals surface area contributed by atoms with Gasteiger partial charge in [0.25, 0.3) is 5.91 Å². The third-order valence-electron chi connectivity index (χ3n) is 7.12. The zero-order valence-corrected chi connectivity index (χ0v) is 21.6. The van der Waals surface area contributed by atoms with E-state index in [1.807, 2.05) is 35.8 Å². The van der Waals surface area contributed by atoms with E-state index in [1.165, 1.54) is 24.4 Å². The van der Waals surface area contributed by atoms with Gasteiger partial charge in [-0.2, -0.15) is 0 Å². The maximum absolute atomic E-state index is 15.1. The van der Waals surface area contributed by atoms with Gasteiger partial charge in [0.2, 0.25) is 5.43 Å². The Kier molecular flexibility index (Phi) is 7.63. The summed E-state index contributed by atoms with van der Waals surface area (Å²) in [6.07, 6.45) is 7.25. The standard InChI is InChI=1S/C30H31FN4O4/c1-18-2-4-20(5-3-18)23-16-35(15-19-9-12-39-13-10-19)17-24(28(23)37)30(38)34-21-6-7-22(25(31)14-21)27-26(36)8-11-33-29(27)32/h2-8,11,14,16-17,19,29,33,36H,9-10,12-13,15,32H2,1H3,(H,34,38). The van der Waals surface area contributed by atoms with Crippen LogP contribution < -0.4 is 21.8 Å². The lowest BCUT2D eigenvalue weighted by molar-refractivity contribution is 0.0612. The summed E-state index contributed by atoms with van der Waals surface area (Å²) in [5, 5.41) is 15.7. The van der Waals surface area contributed by atoms with Crippen LogP contribution in [0, 0.1) is 18.7 Å². The Balaban J connectivity index is 1.46. The van der Waals surface area contributed by atoms with Crippen molar-refractivity contribution in [3.63, 3.8) is 0 Å². The SMILES string of the molecule is Cc1ccc(-c2cn(CC3CCOCC3)cc(C(=O)Nc3ccc(C4=C(O)C=CNC4N)c(F)c3)c2=O)cc1. The zero-order chi connectivity index (χ0) is 27.5. The number of nitrogens with two attached hydrogens (primary N) is 1. The van der Waals surface area contributed by atoms with Crippen molar-refractivity contribution in [3.05, 3.63) is 106 Å². The van der Waals surface area contributed by atoms with Gasteiger partial charge in [-0.05, 0) is 55.5 Å². The van der Waals surface area contributed by atoms with Gasteiger partial charge in [-0.15, -0.1) is 0 Å². The Bertz CT molecular complexity index is 1500. The van der Waals surface area contributed by atoms with Crippen LogP contribution in [0.15, 0.2) is 77.7 Å². The summed E-state index contributed by atoms with van der Waals surface area (Å²) in [7, 11) is 0. The number of anilines is 1. The number of dihydropyridines is 1. The van der Waals surface area contributed by atoms with Crippen LogP contribution in [0.1, 0.15) is 34.3 Å². The molecule has 0 aliphatic carbocycles. The zero-order valence-electron chi connectivity index (χ0n) is 21.6. The van der Waals surface area contributed by atoms with Crippen molar-refractivity contribution in [1.29, 1.82) is 0 Å². The second-order valence-corrected chi connectivity index (χ2v) is 9.96. The molecule has 9 heteroatoms. The lowest BCUT2D eigenvalue weighted by Crippen LogP contribution is -2.37. The molecule has 0 saturated carbocycles. The van der Waals surface area contributed by atoms with Crippen molar-refractivity contribution < 1.29 is 19.0 Å². The normalized spacial score (nSPS) is 17.7. The summed E-state index contributed by atoms with van der Waals surface area (Å²) in [5.41, 5.74) is 8.22.